The van der Waals surface area contributed by atoms with Crippen molar-refractivity contribution in [2.75, 3.05) is 6.61 Å². The minimum absolute atomic E-state index is 0.0936. The van der Waals surface area contributed by atoms with Crippen LogP contribution in [0.25, 0.3) is 22.0 Å². The van der Waals surface area contributed by atoms with Crippen LogP contribution < -0.4 is 10.4 Å². The molecule has 0 saturated carbocycles. The Kier molecular flexibility index (Phi) is 6.40. The average Bonchev–Trinajstić information content (AvgIpc) is 3.21. The van der Waals surface area contributed by atoms with E-state index in [-0.39, 0.29) is 5.56 Å². The number of carbonyl (C=O) groups excluding carboxylic acids is 1. The molecule has 160 valence electrons. The van der Waals surface area contributed by atoms with Gasteiger partial charge in [-0.1, -0.05) is 56.4 Å². The average molecular weight is 419 g/mol. The van der Waals surface area contributed by atoms with Crippen LogP contribution in [-0.2, 0) is 0 Å². The molecular weight excluding hydrogens is 394 g/mol. The van der Waals surface area contributed by atoms with E-state index in [1.165, 1.54) is 31.7 Å². The molecule has 31 heavy (non-hydrogen) atoms. The molecule has 7 nitrogen and oxygen atoms in total. The van der Waals surface area contributed by atoms with Crippen LogP contribution in [0.4, 0.5) is 0 Å². The maximum atomic E-state index is 12.9. The van der Waals surface area contributed by atoms with Crippen molar-refractivity contribution in [2.24, 2.45) is 0 Å². The lowest BCUT2D eigenvalue weighted by Gasteiger charge is -2.07. The molecule has 2 aromatic heterocycles. The number of ether oxygens (including phenoxy) is 1. The van der Waals surface area contributed by atoms with Crippen molar-refractivity contribution in [2.45, 2.75) is 45.4 Å². The van der Waals surface area contributed by atoms with Crippen molar-refractivity contribution in [1.29, 1.82) is 0 Å². The van der Waals surface area contributed by atoms with Crippen molar-refractivity contribution in [3.8, 4) is 5.75 Å². The lowest BCUT2D eigenvalue weighted by molar-refractivity contribution is 0.0944. The highest BCUT2D eigenvalue weighted by atomic mass is 16.5. The highest BCUT2D eigenvalue weighted by Crippen LogP contribution is 2.22. The number of carbonyl (C=O) groups is 1. The number of aromatic nitrogens is 3. The topological polar surface area (TPSA) is 87.2 Å². The second-order valence-electron chi connectivity index (χ2n) is 7.56. The predicted octanol–water partition coefficient (Wildman–Crippen LogP) is 4.97. The van der Waals surface area contributed by atoms with Gasteiger partial charge in [0.2, 0.25) is 0 Å². The summed E-state index contributed by atoms with van der Waals surface area (Å²) in [5, 5.41) is 8.49. The molecule has 7 heteroatoms. The second kappa shape index (κ2) is 9.55. The molecule has 0 saturated heterocycles. The van der Waals surface area contributed by atoms with Crippen molar-refractivity contribution in [3.63, 3.8) is 0 Å². The first-order valence-electron chi connectivity index (χ1n) is 10.7. The van der Waals surface area contributed by atoms with E-state index in [1.54, 1.807) is 30.3 Å². The number of nitrogens with zero attached hydrogens (tertiary/aromatic N) is 3. The van der Waals surface area contributed by atoms with Crippen LogP contribution in [-0.4, -0.2) is 27.5 Å². The van der Waals surface area contributed by atoms with E-state index in [9.17, 15) is 9.59 Å². The molecule has 0 aliphatic carbocycles. The Labute approximate surface area is 179 Å². The molecule has 0 atom stereocenters. The molecule has 2 aromatic carbocycles. The van der Waals surface area contributed by atoms with Gasteiger partial charge in [-0.2, -0.15) is 4.68 Å². The van der Waals surface area contributed by atoms with Gasteiger partial charge < -0.3 is 9.15 Å². The summed E-state index contributed by atoms with van der Waals surface area (Å²) in [7, 11) is 0. The van der Waals surface area contributed by atoms with Gasteiger partial charge in [-0.3, -0.25) is 4.79 Å². The monoisotopic (exact) mass is 419 g/mol. The predicted molar refractivity (Wildman–Crippen MR) is 119 cm³/mol. The first kappa shape index (κ1) is 20.8. The number of fused-ring (bicyclic) bond motifs is 2. The van der Waals surface area contributed by atoms with Crippen molar-refractivity contribution in [3.05, 3.63) is 64.5 Å². The Balaban J connectivity index is 1.48. The minimum Gasteiger partial charge on any atom is -0.493 e. The molecule has 0 bridgehead atoms. The van der Waals surface area contributed by atoms with E-state index in [0.29, 0.717) is 34.4 Å². The first-order chi connectivity index (χ1) is 15.2. The van der Waals surface area contributed by atoms with Crippen molar-refractivity contribution < 1.29 is 13.9 Å². The van der Waals surface area contributed by atoms with E-state index in [1.807, 2.05) is 12.1 Å². The summed E-state index contributed by atoms with van der Waals surface area (Å²) in [4.78, 5) is 25.4. The van der Waals surface area contributed by atoms with Gasteiger partial charge in [0.15, 0.2) is 0 Å². The number of hydrogen-bond acceptors (Lipinski definition) is 6. The van der Waals surface area contributed by atoms with Gasteiger partial charge in [0.25, 0.3) is 5.91 Å². The number of benzene rings is 2. The standard InChI is InChI=1S/C24H25N3O4/c1-2-3-4-5-6-9-14-30-18-13-12-17-15-19(24(29)31-22(17)16-18)23(28)27-21-11-8-7-10-20(21)25-26-27/h7-8,10-13,15-16H,2-6,9,14H2,1H3. The van der Waals surface area contributed by atoms with Crippen LogP contribution in [0.3, 0.4) is 0 Å². The third-order valence-electron chi connectivity index (χ3n) is 5.25. The number of hydrogen-bond donors (Lipinski definition) is 0. The Morgan fingerprint density at radius 1 is 1.03 bits per heavy atom. The lowest BCUT2D eigenvalue weighted by Crippen LogP contribution is -2.21. The minimum atomic E-state index is -0.717. The van der Waals surface area contributed by atoms with E-state index in [4.69, 9.17) is 9.15 Å². The SMILES string of the molecule is CCCCCCCCOc1ccc2cc(C(=O)n3nnc4ccccc43)c(=O)oc2c1. The fourth-order valence-electron chi connectivity index (χ4n) is 3.54. The van der Waals surface area contributed by atoms with E-state index < -0.39 is 11.5 Å². The maximum absolute atomic E-state index is 12.9. The molecule has 4 aromatic rings. The van der Waals surface area contributed by atoms with Gasteiger partial charge in [-0.15, -0.1) is 5.10 Å². The third-order valence-corrected chi connectivity index (χ3v) is 5.25. The van der Waals surface area contributed by atoms with Crippen molar-refractivity contribution >= 4 is 27.9 Å². The molecule has 0 radical (unpaired) electrons. The molecule has 0 unspecified atom stereocenters. The maximum Gasteiger partial charge on any atom is 0.349 e. The Morgan fingerprint density at radius 3 is 2.71 bits per heavy atom. The summed E-state index contributed by atoms with van der Waals surface area (Å²) in [6, 6.07) is 13.9. The van der Waals surface area contributed by atoms with Gasteiger partial charge in [0, 0.05) is 11.5 Å². The first-order valence-corrected chi connectivity index (χ1v) is 10.7. The highest BCUT2D eigenvalue weighted by molar-refractivity contribution is 6.01. The van der Waals surface area contributed by atoms with Crippen LogP contribution >= 0.6 is 0 Å². The van der Waals surface area contributed by atoms with E-state index in [2.05, 4.69) is 17.2 Å². The lowest BCUT2D eigenvalue weighted by atomic mass is 10.1. The smallest absolute Gasteiger partial charge is 0.349 e. The van der Waals surface area contributed by atoms with Crippen molar-refractivity contribution in [1.82, 2.24) is 15.0 Å². The van der Waals surface area contributed by atoms with E-state index in [0.717, 1.165) is 17.5 Å². The summed E-state index contributed by atoms with van der Waals surface area (Å²) in [6.07, 6.45) is 7.14. The zero-order valence-corrected chi connectivity index (χ0v) is 17.5. The van der Waals surface area contributed by atoms with Gasteiger partial charge in [0.05, 0.1) is 12.1 Å². The molecule has 4 rings (SSSR count). The molecule has 0 aliphatic heterocycles. The van der Waals surface area contributed by atoms with Gasteiger partial charge in [-0.05, 0) is 36.8 Å². The number of para-hydroxylation sites is 1. The van der Waals surface area contributed by atoms with Gasteiger partial charge >= 0.3 is 5.63 Å². The fourth-order valence-corrected chi connectivity index (χ4v) is 3.54. The molecular formula is C24H25N3O4. The van der Waals surface area contributed by atoms with E-state index >= 15 is 0 Å². The Hall–Kier alpha value is -3.48. The van der Waals surface area contributed by atoms with Crippen LogP contribution in [0.15, 0.2) is 57.7 Å². The summed E-state index contributed by atoms with van der Waals surface area (Å²) >= 11 is 0. The summed E-state index contributed by atoms with van der Waals surface area (Å²) in [5.74, 6) is 0.0679. The number of unbranched alkanes of at least 4 members (excludes halogenated alkanes) is 5. The summed E-state index contributed by atoms with van der Waals surface area (Å²) in [5.41, 5.74) is 0.679. The van der Waals surface area contributed by atoms with Crippen LogP contribution in [0, 0.1) is 0 Å². The molecule has 0 amide bonds. The van der Waals surface area contributed by atoms with Crippen LogP contribution in [0.2, 0.25) is 0 Å². The largest absolute Gasteiger partial charge is 0.493 e. The molecule has 0 N–H and O–H groups in total. The molecule has 0 fully saturated rings. The molecule has 0 aliphatic rings. The third kappa shape index (κ3) is 4.66. The van der Waals surface area contributed by atoms with Gasteiger partial charge in [0.1, 0.15) is 22.4 Å². The highest BCUT2D eigenvalue weighted by Gasteiger charge is 2.19. The Bertz CT molecular complexity index is 1260. The normalized spacial score (nSPS) is 11.3. The zero-order chi connectivity index (χ0) is 21.6. The second-order valence-corrected chi connectivity index (χ2v) is 7.56. The quantitative estimate of drug-likeness (QED) is 0.281. The Morgan fingerprint density at radius 2 is 1.84 bits per heavy atom. The summed E-state index contributed by atoms with van der Waals surface area (Å²) < 4.78 is 12.3. The molecule has 0 spiro atoms. The van der Waals surface area contributed by atoms with Crippen LogP contribution in [0.1, 0.15) is 55.8 Å². The van der Waals surface area contributed by atoms with Gasteiger partial charge in [-0.25, -0.2) is 4.79 Å². The number of rotatable bonds is 9. The molecule has 2 heterocycles. The fraction of sp³-hybridized carbons (Fsp3) is 0.333. The van der Waals surface area contributed by atoms with Crippen LogP contribution in [0.5, 0.6) is 5.75 Å². The zero-order valence-electron chi connectivity index (χ0n) is 17.5. The summed E-state index contributed by atoms with van der Waals surface area (Å²) in [6.45, 7) is 2.83.